The van der Waals surface area contributed by atoms with Gasteiger partial charge in [-0.05, 0) is 6.07 Å². The third kappa shape index (κ3) is 3.17. The van der Waals surface area contributed by atoms with Crippen LogP contribution in [0.5, 0.6) is 0 Å². The molecule has 0 aromatic carbocycles. The fraction of sp³-hybridized carbons (Fsp3) is 0.333. The SMILES string of the molecule is N#CCCNCc1cc(C(N)=O)cs1. The van der Waals surface area contributed by atoms with Crippen molar-refractivity contribution in [2.24, 2.45) is 5.73 Å². The van der Waals surface area contributed by atoms with E-state index in [4.69, 9.17) is 11.0 Å². The summed E-state index contributed by atoms with van der Waals surface area (Å²) in [5.74, 6) is -0.399. The first-order valence-electron chi connectivity index (χ1n) is 4.19. The summed E-state index contributed by atoms with van der Waals surface area (Å²) in [7, 11) is 0. The van der Waals surface area contributed by atoms with E-state index in [-0.39, 0.29) is 0 Å². The van der Waals surface area contributed by atoms with E-state index in [1.165, 1.54) is 11.3 Å². The Bertz CT molecular complexity index is 353. The van der Waals surface area contributed by atoms with Crippen LogP contribution < -0.4 is 11.1 Å². The fourth-order valence-electron chi connectivity index (χ4n) is 0.958. The number of nitrogens with zero attached hydrogens (tertiary/aromatic N) is 1. The Morgan fingerprint density at radius 2 is 2.50 bits per heavy atom. The quantitative estimate of drug-likeness (QED) is 0.705. The van der Waals surface area contributed by atoms with Crippen LogP contribution in [0.4, 0.5) is 0 Å². The summed E-state index contributed by atoms with van der Waals surface area (Å²) in [5, 5.41) is 13.1. The minimum Gasteiger partial charge on any atom is -0.366 e. The lowest BCUT2D eigenvalue weighted by Crippen LogP contribution is -2.13. The molecule has 0 aliphatic rings. The monoisotopic (exact) mass is 209 g/mol. The molecule has 5 heteroatoms. The summed E-state index contributed by atoms with van der Waals surface area (Å²) in [5.41, 5.74) is 5.66. The molecule has 1 heterocycles. The Kier molecular flexibility index (Phi) is 4.11. The van der Waals surface area contributed by atoms with E-state index in [9.17, 15) is 4.79 Å². The van der Waals surface area contributed by atoms with Crippen molar-refractivity contribution in [3.63, 3.8) is 0 Å². The van der Waals surface area contributed by atoms with Crippen LogP contribution in [0, 0.1) is 11.3 Å². The molecule has 0 radical (unpaired) electrons. The van der Waals surface area contributed by atoms with Gasteiger partial charge in [0, 0.05) is 29.8 Å². The van der Waals surface area contributed by atoms with E-state index in [0.29, 0.717) is 25.1 Å². The van der Waals surface area contributed by atoms with Crippen molar-refractivity contribution >= 4 is 17.2 Å². The van der Waals surface area contributed by atoms with E-state index in [1.807, 2.05) is 6.07 Å². The van der Waals surface area contributed by atoms with Crippen LogP contribution in [0.2, 0.25) is 0 Å². The third-order valence-electron chi connectivity index (χ3n) is 1.65. The molecular weight excluding hydrogens is 198 g/mol. The molecule has 0 fully saturated rings. The molecule has 0 saturated carbocycles. The van der Waals surface area contributed by atoms with Gasteiger partial charge in [0.1, 0.15) is 0 Å². The summed E-state index contributed by atoms with van der Waals surface area (Å²) < 4.78 is 0. The molecule has 14 heavy (non-hydrogen) atoms. The summed E-state index contributed by atoms with van der Waals surface area (Å²) in [4.78, 5) is 11.8. The van der Waals surface area contributed by atoms with Crippen LogP contribution in [-0.4, -0.2) is 12.5 Å². The summed E-state index contributed by atoms with van der Waals surface area (Å²) in [6.07, 6.45) is 0.494. The second kappa shape index (κ2) is 5.37. The van der Waals surface area contributed by atoms with Gasteiger partial charge in [-0.2, -0.15) is 5.26 Å². The van der Waals surface area contributed by atoms with Crippen LogP contribution in [0.3, 0.4) is 0 Å². The molecule has 0 unspecified atom stereocenters. The number of hydrogen-bond acceptors (Lipinski definition) is 4. The highest BCUT2D eigenvalue weighted by atomic mass is 32.1. The maximum Gasteiger partial charge on any atom is 0.249 e. The number of rotatable bonds is 5. The summed E-state index contributed by atoms with van der Waals surface area (Å²) >= 11 is 1.49. The van der Waals surface area contributed by atoms with E-state index in [0.717, 1.165) is 4.88 Å². The molecule has 74 valence electrons. The van der Waals surface area contributed by atoms with Gasteiger partial charge in [0.25, 0.3) is 0 Å². The number of primary amides is 1. The molecule has 4 nitrogen and oxygen atoms in total. The van der Waals surface area contributed by atoms with Crippen LogP contribution in [-0.2, 0) is 6.54 Å². The molecule has 0 aliphatic heterocycles. The molecule has 0 bridgehead atoms. The Morgan fingerprint density at radius 3 is 3.07 bits per heavy atom. The zero-order valence-electron chi connectivity index (χ0n) is 7.62. The van der Waals surface area contributed by atoms with Gasteiger partial charge < -0.3 is 11.1 Å². The first-order valence-corrected chi connectivity index (χ1v) is 5.07. The Morgan fingerprint density at radius 1 is 1.71 bits per heavy atom. The Balaban J connectivity index is 2.37. The number of nitrogens with one attached hydrogen (secondary N) is 1. The Labute approximate surface area is 86.3 Å². The normalized spacial score (nSPS) is 9.64. The highest BCUT2D eigenvalue weighted by molar-refractivity contribution is 7.10. The van der Waals surface area contributed by atoms with Gasteiger partial charge in [-0.3, -0.25) is 4.79 Å². The predicted molar refractivity (Wildman–Crippen MR) is 54.8 cm³/mol. The lowest BCUT2D eigenvalue weighted by Gasteiger charge is -1.97. The van der Waals surface area contributed by atoms with Crippen LogP contribution in [0.15, 0.2) is 11.4 Å². The van der Waals surface area contributed by atoms with Crippen molar-refractivity contribution in [2.45, 2.75) is 13.0 Å². The molecule has 0 spiro atoms. The number of nitriles is 1. The van der Waals surface area contributed by atoms with Gasteiger partial charge >= 0.3 is 0 Å². The second-order valence-corrected chi connectivity index (χ2v) is 3.75. The van der Waals surface area contributed by atoms with Crippen molar-refractivity contribution in [1.29, 1.82) is 5.26 Å². The standard InChI is InChI=1S/C9H11N3OS/c10-2-1-3-12-5-8-4-7(6-14-8)9(11)13/h4,6,12H,1,3,5H2,(H2,11,13). The van der Waals surface area contributed by atoms with E-state index in [2.05, 4.69) is 5.32 Å². The smallest absolute Gasteiger partial charge is 0.249 e. The van der Waals surface area contributed by atoms with Gasteiger partial charge in [0.2, 0.25) is 5.91 Å². The lowest BCUT2D eigenvalue weighted by atomic mass is 10.3. The zero-order valence-corrected chi connectivity index (χ0v) is 8.43. The average Bonchev–Trinajstić information content (AvgIpc) is 2.61. The molecule has 0 saturated heterocycles. The van der Waals surface area contributed by atoms with Crippen molar-refractivity contribution in [1.82, 2.24) is 5.32 Å². The first-order chi connectivity index (χ1) is 6.74. The first kappa shape index (κ1) is 10.7. The minimum atomic E-state index is -0.399. The predicted octanol–water partition coefficient (Wildman–Crippen LogP) is 0.850. The van der Waals surface area contributed by atoms with E-state index >= 15 is 0 Å². The van der Waals surface area contributed by atoms with Crippen LogP contribution >= 0.6 is 11.3 Å². The molecule has 1 aromatic rings. The van der Waals surface area contributed by atoms with Crippen molar-refractivity contribution in [3.05, 3.63) is 21.9 Å². The second-order valence-electron chi connectivity index (χ2n) is 2.75. The maximum absolute atomic E-state index is 10.8. The molecular formula is C9H11N3OS. The highest BCUT2D eigenvalue weighted by Crippen LogP contribution is 2.13. The molecule has 0 atom stereocenters. The third-order valence-corrected chi connectivity index (χ3v) is 2.59. The molecule has 3 N–H and O–H groups in total. The fourth-order valence-corrected chi connectivity index (χ4v) is 1.80. The van der Waals surface area contributed by atoms with Crippen LogP contribution in [0.25, 0.3) is 0 Å². The topological polar surface area (TPSA) is 78.9 Å². The molecule has 0 aliphatic carbocycles. The number of hydrogen-bond donors (Lipinski definition) is 2. The van der Waals surface area contributed by atoms with E-state index in [1.54, 1.807) is 11.4 Å². The lowest BCUT2D eigenvalue weighted by molar-refractivity contribution is 0.100. The summed E-state index contributed by atoms with van der Waals surface area (Å²) in [6, 6.07) is 3.81. The van der Waals surface area contributed by atoms with Crippen molar-refractivity contribution in [2.75, 3.05) is 6.54 Å². The Hall–Kier alpha value is -1.38. The largest absolute Gasteiger partial charge is 0.366 e. The average molecular weight is 209 g/mol. The molecule has 1 rings (SSSR count). The number of thiophene rings is 1. The number of carbonyl (C=O) groups is 1. The maximum atomic E-state index is 10.8. The molecule has 1 amide bonds. The van der Waals surface area contributed by atoms with Crippen molar-refractivity contribution in [3.8, 4) is 6.07 Å². The van der Waals surface area contributed by atoms with Gasteiger partial charge in [-0.1, -0.05) is 0 Å². The summed E-state index contributed by atoms with van der Waals surface area (Å²) in [6.45, 7) is 1.35. The van der Waals surface area contributed by atoms with Gasteiger partial charge in [0.15, 0.2) is 0 Å². The highest BCUT2D eigenvalue weighted by Gasteiger charge is 2.03. The number of carbonyl (C=O) groups excluding carboxylic acids is 1. The van der Waals surface area contributed by atoms with Gasteiger partial charge in [-0.15, -0.1) is 11.3 Å². The molecule has 1 aromatic heterocycles. The zero-order chi connectivity index (χ0) is 10.4. The van der Waals surface area contributed by atoms with Crippen molar-refractivity contribution < 1.29 is 4.79 Å². The van der Waals surface area contributed by atoms with Gasteiger partial charge in [0.05, 0.1) is 11.6 Å². The minimum absolute atomic E-state index is 0.399. The van der Waals surface area contributed by atoms with E-state index < -0.39 is 5.91 Å². The van der Waals surface area contributed by atoms with Crippen LogP contribution in [0.1, 0.15) is 21.7 Å². The number of nitrogens with two attached hydrogens (primary N) is 1. The van der Waals surface area contributed by atoms with Gasteiger partial charge in [-0.25, -0.2) is 0 Å². The number of amides is 1.